The molecule has 0 unspecified atom stereocenters. The van der Waals surface area contributed by atoms with E-state index in [0.29, 0.717) is 49.7 Å². The molecule has 3 aromatic rings. The van der Waals surface area contributed by atoms with Gasteiger partial charge in [0, 0.05) is 56.6 Å². The summed E-state index contributed by atoms with van der Waals surface area (Å²) < 4.78 is 41.5. The number of carbonyl (C=O) groups excluding carboxylic acids is 1. The van der Waals surface area contributed by atoms with Crippen molar-refractivity contribution in [3.63, 3.8) is 0 Å². The standard InChI is InChI=1S/C21H19F3N8O/c22-15-7-13(8-16(23)9-15)18-1-2-28-32(18)21(33)31-5-3-30(4-6-31)20-25-12-17(24)19(29-20)14-10-26-27-11-14/h2,7-12,18H,1,3-6H2,(H,26,27)/t18-/m0/s1. The van der Waals surface area contributed by atoms with E-state index in [1.807, 2.05) is 4.90 Å². The third-order valence-corrected chi connectivity index (χ3v) is 5.63. The van der Waals surface area contributed by atoms with Gasteiger partial charge in [0.25, 0.3) is 0 Å². The Hall–Kier alpha value is -3.96. The number of H-pyrrole nitrogens is 1. The Bertz CT molecular complexity index is 1170. The molecule has 170 valence electrons. The van der Waals surface area contributed by atoms with Crippen LogP contribution in [0.3, 0.4) is 0 Å². The Labute approximate surface area is 186 Å². The predicted octanol–water partition coefficient (Wildman–Crippen LogP) is 2.96. The van der Waals surface area contributed by atoms with Gasteiger partial charge in [-0.25, -0.2) is 32.9 Å². The molecule has 4 heterocycles. The molecular weight excluding hydrogens is 437 g/mol. The topological polar surface area (TPSA) is 93.6 Å². The number of rotatable bonds is 3. The van der Waals surface area contributed by atoms with Crippen molar-refractivity contribution in [3.05, 3.63) is 59.8 Å². The summed E-state index contributed by atoms with van der Waals surface area (Å²) in [5, 5.41) is 11.8. The molecular formula is C21H19F3N8O. The van der Waals surface area contributed by atoms with Crippen LogP contribution in [0.15, 0.2) is 41.9 Å². The lowest BCUT2D eigenvalue weighted by Gasteiger charge is -2.37. The number of piperazine rings is 1. The van der Waals surface area contributed by atoms with Crippen molar-refractivity contribution in [2.45, 2.75) is 12.5 Å². The molecule has 2 aliphatic rings. The highest BCUT2D eigenvalue weighted by Crippen LogP contribution is 2.30. The first kappa shape index (κ1) is 20.9. The average Bonchev–Trinajstić information content (AvgIpc) is 3.51. The summed E-state index contributed by atoms with van der Waals surface area (Å²) in [5.74, 6) is -1.60. The van der Waals surface area contributed by atoms with Gasteiger partial charge in [-0.15, -0.1) is 0 Å². The lowest BCUT2D eigenvalue weighted by Crippen LogP contribution is -2.52. The monoisotopic (exact) mass is 456 g/mol. The smallest absolute Gasteiger partial charge is 0.337 e. The maximum Gasteiger partial charge on any atom is 0.341 e. The van der Waals surface area contributed by atoms with Crippen molar-refractivity contribution < 1.29 is 18.0 Å². The van der Waals surface area contributed by atoms with E-state index in [2.05, 4.69) is 25.3 Å². The number of hydrogen-bond acceptors (Lipinski definition) is 6. The molecule has 5 rings (SSSR count). The number of benzene rings is 1. The quantitative estimate of drug-likeness (QED) is 0.654. The molecule has 1 N–H and O–H groups in total. The maximum absolute atomic E-state index is 14.2. The van der Waals surface area contributed by atoms with E-state index in [1.54, 1.807) is 17.3 Å². The first-order chi connectivity index (χ1) is 16.0. The first-order valence-electron chi connectivity index (χ1n) is 10.3. The fraction of sp³-hybridized carbons (Fsp3) is 0.286. The van der Waals surface area contributed by atoms with Crippen LogP contribution in [0, 0.1) is 17.5 Å². The van der Waals surface area contributed by atoms with Crippen LogP contribution in [-0.4, -0.2) is 68.5 Å². The first-order valence-corrected chi connectivity index (χ1v) is 10.3. The molecule has 1 fully saturated rings. The summed E-state index contributed by atoms with van der Waals surface area (Å²) in [5.41, 5.74) is 1.00. The third kappa shape index (κ3) is 4.11. The molecule has 0 radical (unpaired) electrons. The van der Waals surface area contributed by atoms with E-state index in [-0.39, 0.29) is 11.7 Å². The highest BCUT2D eigenvalue weighted by molar-refractivity contribution is 5.78. The highest BCUT2D eigenvalue weighted by Gasteiger charge is 2.34. The number of aromatic nitrogens is 4. The minimum absolute atomic E-state index is 0.142. The van der Waals surface area contributed by atoms with Crippen molar-refractivity contribution in [3.8, 4) is 11.3 Å². The van der Waals surface area contributed by atoms with Gasteiger partial charge in [0.1, 0.15) is 17.3 Å². The number of urea groups is 1. The van der Waals surface area contributed by atoms with Crippen LogP contribution >= 0.6 is 0 Å². The molecule has 1 saturated heterocycles. The Morgan fingerprint density at radius 3 is 2.48 bits per heavy atom. The maximum atomic E-state index is 14.2. The van der Waals surface area contributed by atoms with Gasteiger partial charge in [0.2, 0.25) is 5.95 Å². The molecule has 12 heteroatoms. The molecule has 9 nitrogen and oxygen atoms in total. The van der Waals surface area contributed by atoms with Gasteiger partial charge in [0.05, 0.1) is 18.4 Å². The summed E-state index contributed by atoms with van der Waals surface area (Å²) in [6.45, 7) is 1.58. The number of hydrogen-bond donors (Lipinski definition) is 1. The number of halogens is 3. The van der Waals surface area contributed by atoms with Crippen LogP contribution in [0.4, 0.5) is 23.9 Å². The molecule has 1 aromatic carbocycles. The van der Waals surface area contributed by atoms with E-state index < -0.39 is 23.5 Å². The molecule has 2 amide bonds. The molecule has 33 heavy (non-hydrogen) atoms. The summed E-state index contributed by atoms with van der Waals surface area (Å²) in [7, 11) is 0. The Kier molecular flexibility index (Phi) is 5.40. The van der Waals surface area contributed by atoms with Crippen molar-refractivity contribution in [1.82, 2.24) is 30.1 Å². The number of anilines is 1. The summed E-state index contributed by atoms with van der Waals surface area (Å²) in [6.07, 6.45) is 6.07. The minimum atomic E-state index is -0.702. The predicted molar refractivity (Wildman–Crippen MR) is 113 cm³/mol. The minimum Gasteiger partial charge on any atom is -0.337 e. The summed E-state index contributed by atoms with van der Waals surface area (Å²) >= 11 is 0. The Balaban J connectivity index is 1.27. The number of hydrazone groups is 1. The van der Waals surface area contributed by atoms with Gasteiger partial charge in [-0.2, -0.15) is 10.2 Å². The molecule has 1 atom stereocenters. The van der Waals surface area contributed by atoms with Crippen LogP contribution in [0.25, 0.3) is 11.3 Å². The molecule has 0 saturated carbocycles. The van der Waals surface area contributed by atoms with Gasteiger partial charge < -0.3 is 9.80 Å². The largest absolute Gasteiger partial charge is 0.341 e. The number of carbonyl (C=O) groups is 1. The number of aromatic amines is 1. The number of amides is 2. The van der Waals surface area contributed by atoms with Gasteiger partial charge in [-0.1, -0.05) is 0 Å². The van der Waals surface area contributed by atoms with Crippen LogP contribution in [-0.2, 0) is 0 Å². The van der Waals surface area contributed by atoms with Gasteiger partial charge >= 0.3 is 6.03 Å². The van der Waals surface area contributed by atoms with Crippen molar-refractivity contribution in [1.29, 1.82) is 0 Å². The van der Waals surface area contributed by atoms with E-state index in [4.69, 9.17) is 0 Å². The third-order valence-electron chi connectivity index (χ3n) is 5.63. The molecule has 2 aliphatic heterocycles. The summed E-state index contributed by atoms with van der Waals surface area (Å²) in [4.78, 5) is 25.0. The van der Waals surface area contributed by atoms with Crippen molar-refractivity contribution >= 4 is 18.2 Å². The Morgan fingerprint density at radius 1 is 1.03 bits per heavy atom. The zero-order valence-corrected chi connectivity index (χ0v) is 17.3. The fourth-order valence-corrected chi connectivity index (χ4v) is 3.98. The Morgan fingerprint density at radius 2 is 1.79 bits per heavy atom. The summed E-state index contributed by atoms with van der Waals surface area (Å²) in [6, 6.07) is 2.30. The van der Waals surface area contributed by atoms with Crippen LogP contribution in [0.1, 0.15) is 18.0 Å². The lowest BCUT2D eigenvalue weighted by atomic mass is 10.0. The van der Waals surface area contributed by atoms with E-state index >= 15 is 0 Å². The van der Waals surface area contributed by atoms with E-state index in [1.165, 1.54) is 23.3 Å². The van der Waals surface area contributed by atoms with E-state index in [0.717, 1.165) is 12.3 Å². The second kappa shape index (κ2) is 8.52. The highest BCUT2D eigenvalue weighted by atomic mass is 19.1. The molecule has 2 aromatic heterocycles. The van der Waals surface area contributed by atoms with Crippen molar-refractivity contribution in [2.24, 2.45) is 5.10 Å². The molecule has 0 aliphatic carbocycles. The second-order valence-corrected chi connectivity index (χ2v) is 7.71. The van der Waals surface area contributed by atoms with E-state index in [9.17, 15) is 18.0 Å². The normalized spacial score (nSPS) is 18.3. The SMILES string of the molecule is O=C(N1CCN(c2ncc(F)c(-c3cn[nH]c3)n2)CC1)N1N=CC[C@H]1c1cc(F)cc(F)c1. The van der Waals surface area contributed by atoms with Gasteiger partial charge in [-0.3, -0.25) is 5.10 Å². The van der Waals surface area contributed by atoms with Gasteiger partial charge in [0.15, 0.2) is 5.82 Å². The average molecular weight is 456 g/mol. The molecule has 0 spiro atoms. The number of nitrogens with one attached hydrogen (secondary N) is 1. The van der Waals surface area contributed by atoms with Gasteiger partial charge in [-0.05, 0) is 17.7 Å². The number of nitrogens with zero attached hydrogens (tertiary/aromatic N) is 7. The van der Waals surface area contributed by atoms with Crippen molar-refractivity contribution in [2.75, 3.05) is 31.1 Å². The fourth-order valence-electron chi connectivity index (χ4n) is 3.98. The second-order valence-electron chi connectivity index (χ2n) is 7.71. The lowest BCUT2D eigenvalue weighted by molar-refractivity contribution is 0.139. The van der Waals surface area contributed by atoms with Crippen LogP contribution < -0.4 is 4.90 Å². The van der Waals surface area contributed by atoms with Crippen LogP contribution in [0.2, 0.25) is 0 Å². The zero-order chi connectivity index (χ0) is 22.9. The molecule has 0 bridgehead atoms. The zero-order valence-electron chi connectivity index (χ0n) is 17.3. The van der Waals surface area contributed by atoms with Crippen LogP contribution in [0.5, 0.6) is 0 Å².